The van der Waals surface area contributed by atoms with Gasteiger partial charge >= 0.3 is 12.1 Å². The fourth-order valence-corrected chi connectivity index (χ4v) is 6.24. The van der Waals surface area contributed by atoms with E-state index in [1.54, 1.807) is 0 Å². The molecule has 2 heterocycles. The van der Waals surface area contributed by atoms with Crippen LogP contribution in [0.4, 0.5) is 9.59 Å². The van der Waals surface area contributed by atoms with Crippen LogP contribution in [0.2, 0.25) is 0 Å². The highest BCUT2D eigenvalue weighted by Gasteiger charge is 2.34. The van der Waals surface area contributed by atoms with Crippen molar-refractivity contribution in [2.45, 2.75) is 92.9 Å². The Morgan fingerprint density at radius 1 is 0.548 bits per heavy atom. The molecule has 0 saturated carbocycles. The highest BCUT2D eigenvalue weighted by atomic mass is 16.2. The van der Waals surface area contributed by atoms with E-state index < -0.39 is 0 Å². The number of likely N-dealkylation sites (tertiary alicyclic amines) is 2. The van der Waals surface area contributed by atoms with Crippen molar-refractivity contribution in [2.75, 3.05) is 78.5 Å². The first-order chi connectivity index (χ1) is 20.3. The van der Waals surface area contributed by atoms with Gasteiger partial charge in [0, 0.05) is 78.5 Å². The largest absolute Gasteiger partial charge is 0.343 e. The lowest BCUT2D eigenvalue weighted by Crippen LogP contribution is -2.54. The summed E-state index contributed by atoms with van der Waals surface area (Å²) in [4.78, 5) is 64.9. The van der Waals surface area contributed by atoms with E-state index in [-0.39, 0.29) is 35.7 Å². The van der Waals surface area contributed by atoms with E-state index in [2.05, 4.69) is 13.8 Å². The Morgan fingerprint density at radius 3 is 1.21 bits per heavy atom. The van der Waals surface area contributed by atoms with Gasteiger partial charge in [0.15, 0.2) is 0 Å². The lowest BCUT2D eigenvalue weighted by molar-refractivity contribution is -0.137. The number of piperidine rings is 2. The Morgan fingerprint density at radius 2 is 0.905 bits per heavy atom. The molecule has 0 N–H and O–H groups in total. The van der Waals surface area contributed by atoms with Crippen LogP contribution in [0.15, 0.2) is 0 Å². The Hall–Kier alpha value is -2.52. The minimum absolute atomic E-state index is 0.0220. The Kier molecular flexibility index (Phi) is 16.1. The van der Waals surface area contributed by atoms with Gasteiger partial charge in [-0.25, -0.2) is 9.59 Å². The molecule has 2 saturated heterocycles. The van der Waals surface area contributed by atoms with Crippen LogP contribution in [-0.4, -0.2) is 132 Å². The Balaban J connectivity index is 2.10. The van der Waals surface area contributed by atoms with Crippen LogP contribution >= 0.6 is 0 Å². The average molecular weight is 593 g/mol. The number of hydrogen-bond donors (Lipinski definition) is 0. The van der Waals surface area contributed by atoms with Crippen LogP contribution in [-0.2, 0) is 9.59 Å². The minimum atomic E-state index is -0.149. The van der Waals surface area contributed by atoms with Gasteiger partial charge in [0.25, 0.3) is 0 Å². The third kappa shape index (κ3) is 10.0. The number of rotatable bonds is 15. The van der Waals surface area contributed by atoms with Crippen molar-refractivity contribution in [1.29, 1.82) is 0 Å². The first-order valence-electron chi connectivity index (χ1n) is 16.9. The molecule has 242 valence electrons. The molecule has 2 aliphatic heterocycles. The van der Waals surface area contributed by atoms with Gasteiger partial charge in [-0.15, -0.1) is 0 Å². The van der Waals surface area contributed by atoms with Gasteiger partial charge in [0.1, 0.15) is 0 Å². The zero-order valence-electron chi connectivity index (χ0n) is 27.6. The van der Waals surface area contributed by atoms with Crippen molar-refractivity contribution < 1.29 is 19.2 Å². The summed E-state index contributed by atoms with van der Waals surface area (Å²) < 4.78 is 0. The van der Waals surface area contributed by atoms with Crippen molar-refractivity contribution in [2.24, 2.45) is 11.8 Å². The van der Waals surface area contributed by atoms with Gasteiger partial charge < -0.3 is 29.4 Å². The number of unbranched alkanes of at least 4 members (excludes halogenated alkanes) is 2. The molecule has 0 spiro atoms. The number of carbonyl (C=O) groups is 4. The molecule has 0 aromatic rings. The third-order valence-electron chi connectivity index (χ3n) is 8.98. The summed E-state index contributed by atoms with van der Waals surface area (Å²) in [5.74, 6) is -0.00442. The second-order valence-electron chi connectivity index (χ2n) is 11.8. The standard InChI is InChI=1S/C32H60N6O4/c1-7-13-19-35(31(41)37-21-15-17-27(25-37)29(39)33(9-3)10-4)23-24-36(20-14-8-2)32(42)38-22-16-18-28(26-38)30(40)34(11-5)12-6/h27-28H,7-26H2,1-6H3. The molecule has 42 heavy (non-hydrogen) atoms. The van der Waals surface area contributed by atoms with Gasteiger partial charge in [-0.05, 0) is 66.2 Å². The number of carbonyl (C=O) groups excluding carboxylic acids is 4. The summed E-state index contributed by atoms with van der Waals surface area (Å²) in [5.41, 5.74) is 0. The molecule has 2 atom stereocenters. The maximum atomic E-state index is 13.8. The van der Waals surface area contributed by atoms with E-state index in [1.807, 2.05) is 57.1 Å². The zero-order chi connectivity index (χ0) is 31.1. The molecule has 10 nitrogen and oxygen atoms in total. The number of urea groups is 2. The van der Waals surface area contributed by atoms with Crippen molar-refractivity contribution in [3.8, 4) is 0 Å². The fourth-order valence-electron chi connectivity index (χ4n) is 6.24. The van der Waals surface area contributed by atoms with Crippen molar-refractivity contribution in [3.05, 3.63) is 0 Å². The van der Waals surface area contributed by atoms with Gasteiger partial charge in [-0.3, -0.25) is 9.59 Å². The predicted octanol–water partition coefficient (Wildman–Crippen LogP) is 4.59. The summed E-state index contributed by atoms with van der Waals surface area (Å²) >= 11 is 0. The summed E-state index contributed by atoms with van der Waals surface area (Å²) in [7, 11) is 0. The molecule has 2 unspecified atom stereocenters. The maximum absolute atomic E-state index is 13.8. The van der Waals surface area contributed by atoms with E-state index in [4.69, 9.17) is 0 Å². The second kappa shape index (κ2) is 18.9. The molecule has 10 heteroatoms. The monoisotopic (exact) mass is 592 g/mol. The molecule has 2 fully saturated rings. The lowest BCUT2D eigenvalue weighted by atomic mass is 9.96. The van der Waals surface area contributed by atoms with E-state index in [0.29, 0.717) is 78.5 Å². The van der Waals surface area contributed by atoms with Crippen LogP contribution in [0.5, 0.6) is 0 Å². The molecule has 2 rings (SSSR count). The lowest BCUT2D eigenvalue weighted by Gasteiger charge is -2.39. The van der Waals surface area contributed by atoms with Crippen molar-refractivity contribution in [3.63, 3.8) is 0 Å². The molecular weight excluding hydrogens is 532 g/mol. The van der Waals surface area contributed by atoms with Crippen molar-refractivity contribution in [1.82, 2.24) is 29.4 Å². The molecule has 0 aromatic carbocycles. The van der Waals surface area contributed by atoms with E-state index >= 15 is 0 Å². The van der Waals surface area contributed by atoms with Gasteiger partial charge in [-0.1, -0.05) is 26.7 Å². The molecule has 6 amide bonds. The first kappa shape index (κ1) is 35.7. The number of hydrogen-bond acceptors (Lipinski definition) is 4. The summed E-state index contributed by atoms with van der Waals surface area (Å²) in [6, 6.07) is -0.0440. The second-order valence-corrected chi connectivity index (χ2v) is 11.8. The molecular formula is C32H60N6O4. The fraction of sp³-hybridized carbons (Fsp3) is 0.875. The SMILES string of the molecule is CCCCN(CCN(CCCC)C(=O)N1CCCC(C(=O)N(CC)CC)C1)C(=O)N1CCCC(C(=O)N(CC)CC)C1. The highest BCUT2D eigenvalue weighted by molar-refractivity contribution is 5.82. The maximum Gasteiger partial charge on any atom is 0.320 e. The van der Waals surface area contributed by atoms with Crippen LogP contribution < -0.4 is 0 Å². The molecule has 0 aliphatic carbocycles. The first-order valence-corrected chi connectivity index (χ1v) is 16.9. The predicted molar refractivity (Wildman–Crippen MR) is 168 cm³/mol. The molecule has 0 aromatic heterocycles. The Bertz CT molecular complexity index is 779. The van der Waals surface area contributed by atoms with E-state index in [0.717, 1.165) is 51.4 Å². The van der Waals surface area contributed by atoms with Gasteiger partial charge in [-0.2, -0.15) is 0 Å². The molecule has 0 bridgehead atoms. The zero-order valence-corrected chi connectivity index (χ0v) is 27.6. The summed E-state index contributed by atoms with van der Waals surface area (Å²) in [6.07, 6.45) is 7.03. The summed E-state index contributed by atoms with van der Waals surface area (Å²) in [5, 5.41) is 0. The average Bonchev–Trinajstić information content (AvgIpc) is 3.03. The van der Waals surface area contributed by atoms with E-state index in [1.165, 1.54) is 0 Å². The topological polar surface area (TPSA) is 87.7 Å². The van der Waals surface area contributed by atoms with Gasteiger partial charge in [0.2, 0.25) is 11.8 Å². The van der Waals surface area contributed by atoms with Crippen LogP contribution in [0, 0.1) is 11.8 Å². The van der Waals surface area contributed by atoms with Crippen LogP contribution in [0.1, 0.15) is 92.9 Å². The van der Waals surface area contributed by atoms with Crippen LogP contribution in [0.3, 0.4) is 0 Å². The number of amides is 6. The van der Waals surface area contributed by atoms with Gasteiger partial charge in [0.05, 0.1) is 11.8 Å². The minimum Gasteiger partial charge on any atom is -0.343 e. The summed E-state index contributed by atoms with van der Waals surface area (Å²) in [6.45, 7) is 19.4. The Labute approximate surface area is 255 Å². The molecule has 0 radical (unpaired) electrons. The molecule has 2 aliphatic rings. The van der Waals surface area contributed by atoms with Crippen LogP contribution in [0.25, 0.3) is 0 Å². The van der Waals surface area contributed by atoms with E-state index in [9.17, 15) is 19.2 Å². The smallest absolute Gasteiger partial charge is 0.320 e. The highest BCUT2D eigenvalue weighted by Crippen LogP contribution is 2.22. The number of nitrogens with zero attached hydrogens (tertiary/aromatic N) is 6. The third-order valence-corrected chi connectivity index (χ3v) is 8.98. The normalized spacial score (nSPS) is 18.9. The van der Waals surface area contributed by atoms with Crippen molar-refractivity contribution >= 4 is 23.9 Å². The quantitative estimate of drug-likeness (QED) is 0.278.